The lowest BCUT2D eigenvalue weighted by Crippen LogP contribution is -2.38. The fourth-order valence-electron chi connectivity index (χ4n) is 4.42. The van der Waals surface area contributed by atoms with Gasteiger partial charge in [0.1, 0.15) is 5.75 Å². The van der Waals surface area contributed by atoms with Crippen molar-refractivity contribution in [3.05, 3.63) is 59.2 Å². The Morgan fingerprint density at radius 1 is 1.09 bits per heavy atom. The third-order valence-corrected chi connectivity index (χ3v) is 6.40. The predicted octanol–water partition coefficient (Wildman–Crippen LogP) is 3.13. The van der Waals surface area contributed by atoms with Gasteiger partial charge in [-0.25, -0.2) is 4.99 Å². The Kier molecular flexibility index (Phi) is 7.88. The minimum atomic E-state index is 0.315. The van der Waals surface area contributed by atoms with Crippen LogP contribution in [-0.4, -0.2) is 50.5 Å². The Labute approximate surface area is 191 Å². The van der Waals surface area contributed by atoms with E-state index in [2.05, 4.69) is 64.9 Å². The average Bonchev–Trinajstić information content (AvgIpc) is 3.31. The van der Waals surface area contributed by atoms with E-state index in [1.54, 1.807) is 0 Å². The summed E-state index contributed by atoms with van der Waals surface area (Å²) in [6, 6.07) is 15.3. The Morgan fingerprint density at radius 3 is 2.62 bits per heavy atom. The number of benzene rings is 2. The number of anilines is 1. The van der Waals surface area contributed by atoms with Crippen molar-refractivity contribution in [1.29, 1.82) is 0 Å². The van der Waals surface area contributed by atoms with E-state index in [-0.39, 0.29) is 0 Å². The van der Waals surface area contributed by atoms with Crippen LogP contribution in [0.15, 0.2) is 47.5 Å². The lowest BCUT2D eigenvalue weighted by molar-refractivity contribution is 0.203. The maximum Gasteiger partial charge on any atom is 0.191 e. The van der Waals surface area contributed by atoms with Crippen LogP contribution in [-0.2, 0) is 19.4 Å². The van der Waals surface area contributed by atoms with E-state index in [1.807, 2.05) is 0 Å². The molecule has 172 valence electrons. The molecule has 0 unspecified atom stereocenters. The summed E-state index contributed by atoms with van der Waals surface area (Å²) in [6.07, 6.45) is 4.11. The van der Waals surface area contributed by atoms with Crippen molar-refractivity contribution in [2.24, 2.45) is 10.9 Å². The Bertz CT molecular complexity index is 889. The molecule has 6 nitrogen and oxygen atoms in total. The number of fused-ring (bicyclic) bond motifs is 1. The summed E-state index contributed by atoms with van der Waals surface area (Å²) in [6.45, 7) is 7.58. The van der Waals surface area contributed by atoms with E-state index >= 15 is 0 Å². The summed E-state index contributed by atoms with van der Waals surface area (Å²) in [5.41, 5.74) is 5.12. The molecule has 2 heterocycles. The number of hydrogen-bond acceptors (Lipinski definition) is 4. The smallest absolute Gasteiger partial charge is 0.191 e. The van der Waals surface area contributed by atoms with Crippen LogP contribution in [0, 0.1) is 5.92 Å². The zero-order valence-electron chi connectivity index (χ0n) is 19.1. The van der Waals surface area contributed by atoms with Gasteiger partial charge in [0, 0.05) is 44.9 Å². The highest BCUT2D eigenvalue weighted by molar-refractivity contribution is 5.79. The predicted molar refractivity (Wildman–Crippen MR) is 131 cm³/mol. The van der Waals surface area contributed by atoms with Crippen LogP contribution in [0.5, 0.6) is 5.75 Å². The zero-order chi connectivity index (χ0) is 22.2. The molecule has 0 bridgehead atoms. The Hall–Kier alpha value is -2.73. The van der Waals surface area contributed by atoms with Gasteiger partial charge in [0.25, 0.3) is 0 Å². The number of ether oxygens (including phenoxy) is 1. The number of guanidine groups is 1. The molecule has 0 radical (unpaired) electrons. The van der Waals surface area contributed by atoms with Crippen molar-refractivity contribution in [2.45, 2.75) is 39.2 Å². The van der Waals surface area contributed by atoms with Crippen LogP contribution in [0.1, 0.15) is 36.5 Å². The summed E-state index contributed by atoms with van der Waals surface area (Å²) in [4.78, 5) is 7.18. The summed E-state index contributed by atoms with van der Waals surface area (Å²) < 4.78 is 5.60. The molecule has 32 heavy (non-hydrogen) atoms. The first-order chi connectivity index (χ1) is 15.7. The van der Waals surface area contributed by atoms with Gasteiger partial charge in [-0.05, 0) is 67.0 Å². The van der Waals surface area contributed by atoms with Gasteiger partial charge in [0.05, 0.1) is 13.2 Å². The summed E-state index contributed by atoms with van der Waals surface area (Å²) >= 11 is 0. The van der Waals surface area contributed by atoms with Crippen LogP contribution in [0.4, 0.5) is 5.69 Å². The number of aliphatic imine (C=N–C) groups is 1. The van der Waals surface area contributed by atoms with Crippen molar-refractivity contribution < 1.29 is 9.84 Å². The van der Waals surface area contributed by atoms with Gasteiger partial charge < -0.3 is 25.4 Å². The second-order valence-electron chi connectivity index (χ2n) is 8.69. The summed E-state index contributed by atoms with van der Waals surface area (Å²) in [7, 11) is 0. The van der Waals surface area contributed by atoms with Crippen LogP contribution in [0.2, 0.25) is 0 Å². The van der Waals surface area contributed by atoms with Gasteiger partial charge in [-0.3, -0.25) is 0 Å². The number of nitrogens with zero attached hydrogens (tertiary/aromatic N) is 2. The van der Waals surface area contributed by atoms with Gasteiger partial charge >= 0.3 is 0 Å². The van der Waals surface area contributed by atoms with E-state index in [0.717, 1.165) is 70.2 Å². The topological polar surface area (TPSA) is 69.1 Å². The molecular weight excluding hydrogens is 400 g/mol. The fourth-order valence-corrected chi connectivity index (χ4v) is 4.42. The molecule has 6 heteroatoms. The second kappa shape index (κ2) is 11.2. The number of aliphatic hydroxyl groups excluding tert-OH is 1. The van der Waals surface area contributed by atoms with Crippen LogP contribution in [0.3, 0.4) is 0 Å². The quantitative estimate of drug-likeness (QED) is 0.438. The maximum atomic E-state index is 9.33. The molecule has 2 aliphatic rings. The molecule has 1 saturated heterocycles. The minimum Gasteiger partial charge on any atom is -0.493 e. The zero-order valence-corrected chi connectivity index (χ0v) is 19.1. The van der Waals surface area contributed by atoms with E-state index in [1.165, 1.54) is 22.4 Å². The lowest BCUT2D eigenvalue weighted by Gasteiger charge is -2.32. The number of hydrogen-bond donors (Lipinski definition) is 3. The van der Waals surface area contributed by atoms with Crippen LogP contribution < -0.4 is 20.3 Å². The van der Waals surface area contributed by atoms with Crippen molar-refractivity contribution >= 4 is 11.6 Å². The standard InChI is InChI=1S/C26H36N4O2/c1-2-27-26(28-13-9-20-5-8-25-23(17-20)12-16-32-25)29-18-21-3-6-24(7-4-21)30-14-10-22(19-31)11-15-30/h3-8,17,22,31H,2,9-16,18-19H2,1H3,(H2,27,28,29). The van der Waals surface area contributed by atoms with Crippen molar-refractivity contribution in [3.63, 3.8) is 0 Å². The van der Waals surface area contributed by atoms with Crippen molar-refractivity contribution in [1.82, 2.24) is 10.6 Å². The highest BCUT2D eigenvalue weighted by Gasteiger charge is 2.18. The molecule has 0 spiro atoms. The molecule has 0 aliphatic carbocycles. The van der Waals surface area contributed by atoms with Crippen molar-refractivity contribution in [2.75, 3.05) is 44.3 Å². The van der Waals surface area contributed by atoms with E-state index in [9.17, 15) is 5.11 Å². The third-order valence-electron chi connectivity index (χ3n) is 6.40. The lowest BCUT2D eigenvalue weighted by atomic mass is 9.97. The first-order valence-electron chi connectivity index (χ1n) is 12.0. The van der Waals surface area contributed by atoms with Gasteiger partial charge in [0.15, 0.2) is 5.96 Å². The average molecular weight is 437 g/mol. The molecule has 0 aromatic heterocycles. The second-order valence-corrected chi connectivity index (χ2v) is 8.69. The summed E-state index contributed by atoms with van der Waals surface area (Å²) in [5.74, 6) is 2.36. The molecule has 3 N–H and O–H groups in total. The molecule has 0 amide bonds. The number of rotatable bonds is 8. The Morgan fingerprint density at radius 2 is 1.88 bits per heavy atom. The highest BCUT2D eigenvalue weighted by atomic mass is 16.5. The SMILES string of the molecule is CCNC(=NCc1ccc(N2CCC(CO)CC2)cc1)NCCc1ccc2c(c1)CCO2. The molecule has 2 aliphatic heterocycles. The molecule has 1 fully saturated rings. The minimum absolute atomic E-state index is 0.315. The van der Waals surface area contributed by atoms with Gasteiger partial charge in [0.2, 0.25) is 0 Å². The molecule has 2 aromatic carbocycles. The third kappa shape index (κ3) is 5.94. The first-order valence-corrected chi connectivity index (χ1v) is 12.0. The Balaban J connectivity index is 1.27. The number of nitrogens with one attached hydrogen (secondary N) is 2. The monoisotopic (exact) mass is 436 g/mol. The normalized spacial score (nSPS) is 16.6. The van der Waals surface area contributed by atoms with E-state index in [4.69, 9.17) is 9.73 Å². The molecular formula is C26H36N4O2. The maximum absolute atomic E-state index is 9.33. The van der Waals surface area contributed by atoms with Gasteiger partial charge in [-0.1, -0.05) is 24.3 Å². The molecule has 0 atom stereocenters. The first kappa shape index (κ1) is 22.5. The van der Waals surface area contributed by atoms with Crippen LogP contribution >= 0.6 is 0 Å². The largest absolute Gasteiger partial charge is 0.493 e. The number of piperidine rings is 1. The van der Waals surface area contributed by atoms with E-state index < -0.39 is 0 Å². The highest BCUT2D eigenvalue weighted by Crippen LogP contribution is 2.26. The van der Waals surface area contributed by atoms with Gasteiger partial charge in [-0.2, -0.15) is 0 Å². The fraction of sp³-hybridized carbons (Fsp3) is 0.500. The number of aliphatic hydroxyl groups is 1. The molecule has 0 saturated carbocycles. The van der Waals surface area contributed by atoms with Gasteiger partial charge in [-0.15, -0.1) is 0 Å². The molecule has 2 aromatic rings. The summed E-state index contributed by atoms with van der Waals surface area (Å²) in [5, 5.41) is 16.1. The van der Waals surface area contributed by atoms with Crippen molar-refractivity contribution in [3.8, 4) is 5.75 Å². The van der Waals surface area contributed by atoms with Crippen LogP contribution in [0.25, 0.3) is 0 Å². The molecule has 4 rings (SSSR count). The van der Waals surface area contributed by atoms with E-state index in [0.29, 0.717) is 19.1 Å².